The summed E-state index contributed by atoms with van der Waals surface area (Å²) in [6, 6.07) is 23.6. The summed E-state index contributed by atoms with van der Waals surface area (Å²) < 4.78 is 16.2. The van der Waals surface area contributed by atoms with E-state index in [2.05, 4.69) is 10.9 Å². The molecule has 31 heavy (non-hydrogen) atoms. The van der Waals surface area contributed by atoms with Crippen LogP contribution in [0.4, 0.5) is 0 Å². The van der Waals surface area contributed by atoms with Crippen LogP contribution >= 0.6 is 0 Å². The highest BCUT2D eigenvalue weighted by molar-refractivity contribution is 5.95. The Balaban J connectivity index is 1.42. The molecule has 0 aliphatic carbocycles. The Morgan fingerprint density at radius 3 is 2.26 bits per heavy atom. The first-order valence-corrected chi connectivity index (χ1v) is 9.77. The van der Waals surface area contributed by atoms with E-state index in [1.54, 1.807) is 55.6 Å². The van der Waals surface area contributed by atoms with Gasteiger partial charge in [-0.15, -0.1) is 0 Å². The van der Waals surface area contributed by atoms with E-state index >= 15 is 0 Å². The van der Waals surface area contributed by atoms with Gasteiger partial charge in [-0.3, -0.25) is 20.4 Å². The number of carbonyl (C=O) groups excluding carboxylic acids is 2. The van der Waals surface area contributed by atoms with Crippen molar-refractivity contribution in [1.29, 1.82) is 0 Å². The van der Waals surface area contributed by atoms with Crippen LogP contribution in [-0.2, 0) is 11.2 Å². The summed E-state index contributed by atoms with van der Waals surface area (Å²) in [5.74, 6) is 0.849. The van der Waals surface area contributed by atoms with Crippen molar-refractivity contribution < 1.29 is 23.8 Å². The summed E-state index contributed by atoms with van der Waals surface area (Å²) in [4.78, 5) is 24.2. The van der Waals surface area contributed by atoms with Crippen molar-refractivity contribution in [3.63, 3.8) is 0 Å². The molecule has 7 heteroatoms. The van der Waals surface area contributed by atoms with Crippen LogP contribution in [0, 0.1) is 0 Å². The van der Waals surface area contributed by atoms with Gasteiger partial charge in [0.25, 0.3) is 11.8 Å². The van der Waals surface area contributed by atoms with Gasteiger partial charge < -0.3 is 14.2 Å². The van der Waals surface area contributed by atoms with E-state index < -0.39 is 11.8 Å². The second-order valence-electron chi connectivity index (χ2n) is 6.58. The lowest BCUT2D eigenvalue weighted by atomic mass is 10.2. The molecule has 0 aliphatic rings. The van der Waals surface area contributed by atoms with Crippen LogP contribution < -0.4 is 25.1 Å². The summed E-state index contributed by atoms with van der Waals surface area (Å²) in [6.45, 7) is 0.254. The van der Waals surface area contributed by atoms with E-state index in [0.29, 0.717) is 29.4 Å². The van der Waals surface area contributed by atoms with E-state index in [9.17, 15) is 9.59 Å². The molecule has 0 aliphatic heterocycles. The largest absolute Gasteiger partial charge is 0.497 e. The zero-order valence-corrected chi connectivity index (χ0v) is 17.2. The average Bonchev–Trinajstić information content (AvgIpc) is 2.82. The standard InChI is InChI=1S/C24H24N2O5/c1-29-20-10-12-21(13-11-20)31-17-23(27)25-26-24(28)19-8-5-9-22(16-19)30-15-14-18-6-3-2-4-7-18/h2-13,16H,14-15,17H2,1H3,(H,25,27)(H,26,28). The highest BCUT2D eigenvalue weighted by Gasteiger charge is 2.09. The fourth-order valence-electron chi connectivity index (χ4n) is 2.71. The van der Waals surface area contributed by atoms with Crippen LogP contribution in [0.15, 0.2) is 78.9 Å². The Bertz CT molecular complexity index is 990. The van der Waals surface area contributed by atoms with Gasteiger partial charge in [0.2, 0.25) is 0 Å². The molecule has 2 amide bonds. The second-order valence-corrected chi connectivity index (χ2v) is 6.58. The molecule has 0 atom stereocenters. The number of amides is 2. The lowest BCUT2D eigenvalue weighted by Crippen LogP contribution is -2.43. The summed E-state index contributed by atoms with van der Waals surface area (Å²) >= 11 is 0. The molecular formula is C24H24N2O5. The molecule has 0 radical (unpaired) electrons. The highest BCUT2D eigenvalue weighted by atomic mass is 16.5. The van der Waals surface area contributed by atoms with Crippen LogP contribution in [0.3, 0.4) is 0 Å². The molecule has 0 saturated heterocycles. The first-order valence-electron chi connectivity index (χ1n) is 9.77. The van der Waals surface area contributed by atoms with Crippen LogP contribution in [0.1, 0.15) is 15.9 Å². The lowest BCUT2D eigenvalue weighted by Gasteiger charge is -2.10. The number of hydrazine groups is 1. The van der Waals surface area contributed by atoms with Gasteiger partial charge in [0.1, 0.15) is 17.2 Å². The Hall–Kier alpha value is -4.00. The van der Waals surface area contributed by atoms with Crippen molar-refractivity contribution in [2.75, 3.05) is 20.3 Å². The molecular weight excluding hydrogens is 396 g/mol. The van der Waals surface area contributed by atoms with Crippen molar-refractivity contribution in [2.45, 2.75) is 6.42 Å². The van der Waals surface area contributed by atoms with E-state index in [1.807, 2.05) is 30.3 Å². The number of methoxy groups -OCH3 is 1. The minimum atomic E-state index is -0.487. The van der Waals surface area contributed by atoms with Crippen LogP contribution in [0.2, 0.25) is 0 Å². The fraction of sp³-hybridized carbons (Fsp3) is 0.167. The highest BCUT2D eigenvalue weighted by Crippen LogP contribution is 2.17. The molecule has 0 saturated carbocycles. The van der Waals surface area contributed by atoms with E-state index in [0.717, 1.165) is 6.42 Å². The van der Waals surface area contributed by atoms with Crippen molar-refractivity contribution in [3.05, 3.63) is 90.0 Å². The van der Waals surface area contributed by atoms with Gasteiger partial charge >= 0.3 is 0 Å². The molecule has 3 rings (SSSR count). The predicted octanol–water partition coefficient (Wildman–Crippen LogP) is 3.16. The first-order chi connectivity index (χ1) is 15.1. The van der Waals surface area contributed by atoms with E-state index in [1.165, 1.54) is 5.56 Å². The van der Waals surface area contributed by atoms with Gasteiger partial charge in [-0.2, -0.15) is 0 Å². The molecule has 2 N–H and O–H groups in total. The summed E-state index contributed by atoms with van der Waals surface area (Å²) in [5.41, 5.74) is 6.24. The number of benzene rings is 3. The minimum absolute atomic E-state index is 0.241. The Kier molecular flexibility index (Phi) is 7.88. The maximum absolute atomic E-state index is 12.3. The molecule has 0 fully saturated rings. The molecule has 7 nitrogen and oxygen atoms in total. The molecule has 0 bridgehead atoms. The molecule has 0 aromatic heterocycles. The van der Waals surface area contributed by atoms with Crippen LogP contribution in [-0.4, -0.2) is 32.1 Å². The molecule has 0 unspecified atom stereocenters. The monoisotopic (exact) mass is 420 g/mol. The lowest BCUT2D eigenvalue weighted by molar-refractivity contribution is -0.123. The molecule has 3 aromatic carbocycles. The Morgan fingerprint density at radius 2 is 1.52 bits per heavy atom. The topological polar surface area (TPSA) is 85.9 Å². The predicted molar refractivity (Wildman–Crippen MR) is 116 cm³/mol. The first kappa shape index (κ1) is 21.7. The third kappa shape index (κ3) is 7.08. The van der Waals surface area contributed by atoms with Crippen molar-refractivity contribution >= 4 is 11.8 Å². The zero-order valence-electron chi connectivity index (χ0n) is 17.2. The third-order valence-electron chi connectivity index (χ3n) is 4.34. The number of rotatable bonds is 9. The Labute approximate surface area is 180 Å². The number of nitrogens with one attached hydrogen (secondary N) is 2. The second kappa shape index (κ2) is 11.3. The fourth-order valence-corrected chi connectivity index (χ4v) is 2.71. The van der Waals surface area contributed by atoms with Gasteiger partial charge in [0.15, 0.2) is 6.61 Å². The van der Waals surface area contributed by atoms with Gasteiger partial charge in [-0.1, -0.05) is 36.4 Å². The third-order valence-corrected chi connectivity index (χ3v) is 4.34. The van der Waals surface area contributed by atoms with Crippen molar-refractivity contribution in [1.82, 2.24) is 10.9 Å². The van der Waals surface area contributed by atoms with Crippen molar-refractivity contribution in [3.8, 4) is 17.2 Å². The Morgan fingerprint density at radius 1 is 0.774 bits per heavy atom. The average molecular weight is 420 g/mol. The van der Waals surface area contributed by atoms with Crippen LogP contribution in [0.25, 0.3) is 0 Å². The van der Waals surface area contributed by atoms with Crippen LogP contribution in [0.5, 0.6) is 17.2 Å². The van der Waals surface area contributed by atoms with E-state index in [4.69, 9.17) is 14.2 Å². The number of hydrogen-bond donors (Lipinski definition) is 2. The normalized spacial score (nSPS) is 10.1. The minimum Gasteiger partial charge on any atom is -0.497 e. The number of ether oxygens (including phenoxy) is 3. The number of hydrogen-bond acceptors (Lipinski definition) is 5. The van der Waals surface area contributed by atoms with Crippen molar-refractivity contribution in [2.24, 2.45) is 0 Å². The summed E-state index contributed by atoms with van der Waals surface area (Å²) in [7, 11) is 1.57. The zero-order chi connectivity index (χ0) is 21.9. The maximum atomic E-state index is 12.3. The number of carbonyl (C=O) groups is 2. The molecule has 3 aromatic rings. The summed E-state index contributed by atoms with van der Waals surface area (Å²) in [5, 5.41) is 0. The van der Waals surface area contributed by atoms with E-state index in [-0.39, 0.29) is 6.61 Å². The van der Waals surface area contributed by atoms with Gasteiger partial charge in [-0.05, 0) is 48.0 Å². The molecule has 0 heterocycles. The summed E-state index contributed by atoms with van der Waals surface area (Å²) in [6.07, 6.45) is 0.765. The maximum Gasteiger partial charge on any atom is 0.276 e. The van der Waals surface area contributed by atoms with Gasteiger partial charge in [-0.25, -0.2) is 0 Å². The SMILES string of the molecule is COc1ccc(OCC(=O)NNC(=O)c2cccc(OCCc3ccccc3)c2)cc1. The van der Waals surface area contributed by atoms with Gasteiger partial charge in [0, 0.05) is 12.0 Å². The quantitative estimate of drug-likeness (QED) is 0.520. The smallest absolute Gasteiger partial charge is 0.276 e. The molecule has 0 spiro atoms. The molecule has 160 valence electrons. The van der Waals surface area contributed by atoms with Gasteiger partial charge in [0.05, 0.1) is 13.7 Å².